The molecule has 0 aliphatic heterocycles. The maximum absolute atomic E-state index is 12.9. The van der Waals surface area contributed by atoms with Crippen molar-refractivity contribution in [3.63, 3.8) is 0 Å². The Kier molecular flexibility index (Phi) is 7.60. The zero-order valence-electron chi connectivity index (χ0n) is 16.8. The Morgan fingerprint density at radius 3 is 2.48 bits per heavy atom. The van der Waals surface area contributed by atoms with E-state index in [4.69, 9.17) is 13.9 Å². The topological polar surface area (TPSA) is 104 Å². The van der Waals surface area contributed by atoms with Gasteiger partial charge < -0.3 is 19.2 Å². The molecular weight excluding hydrogens is 425 g/mol. The molecule has 0 radical (unpaired) electrons. The quantitative estimate of drug-likeness (QED) is 0.388. The third-order valence-electron chi connectivity index (χ3n) is 3.70. The molecule has 0 bridgehead atoms. The molecule has 10 heteroatoms. The Labute approximate surface area is 182 Å². The van der Waals surface area contributed by atoms with Gasteiger partial charge in [0.15, 0.2) is 6.61 Å². The summed E-state index contributed by atoms with van der Waals surface area (Å²) in [7, 11) is 0. The van der Waals surface area contributed by atoms with Crippen LogP contribution in [0.3, 0.4) is 0 Å². The van der Waals surface area contributed by atoms with Gasteiger partial charge in [-0.3, -0.25) is 4.79 Å². The summed E-state index contributed by atoms with van der Waals surface area (Å²) in [4.78, 5) is 24.0. The fraction of sp³-hybridized carbons (Fsp3) is 0.238. The summed E-state index contributed by atoms with van der Waals surface area (Å²) < 4.78 is 28.8. The predicted molar refractivity (Wildman–Crippen MR) is 111 cm³/mol. The van der Waals surface area contributed by atoms with Gasteiger partial charge in [0.05, 0.1) is 17.4 Å². The van der Waals surface area contributed by atoms with Crippen molar-refractivity contribution in [1.82, 2.24) is 10.2 Å². The fourth-order valence-electron chi connectivity index (χ4n) is 2.33. The zero-order valence-corrected chi connectivity index (χ0v) is 17.6. The number of carbonyl (C=O) groups excluding carboxylic acids is 2. The van der Waals surface area contributed by atoms with Crippen LogP contribution < -0.4 is 10.1 Å². The Balaban J connectivity index is 1.43. The molecule has 0 fully saturated rings. The molecule has 162 valence electrons. The van der Waals surface area contributed by atoms with Crippen LogP contribution in [0.4, 0.5) is 10.1 Å². The number of amides is 1. The summed E-state index contributed by atoms with van der Waals surface area (Å²) in [6.45, 7) is 3.57. The van der Waals surface area contributed by atoms with Gasteiger partial charge in [-0.05, 0) is 62.4 Å². The molecule has 31 heavy (non-hydrogen) atoms. The van der Waals surface area contributed by atoms with E-state index >= 15 is 0 Å². The third kappa shape index (κ3) is 7.10. The molecule has 0 saturated carbocycles. The number of hydrogen-bond donors (Lipinski definition) is 1. The molecule has 0 saturated heterocycles. The molecule has 0 aliphatic carbocycles. The Hall–Kier alpha value is -3.40. The van der Waals surface area contributed by atoms with E-state index in [-0.39, 0.29) is 41.3 Å². The first-order valence-electron chi connectivity index (χ1n) is 9.33. The zero-order chi connectivity index (χ0) is 22.2. The molecule has 8 nitrogen and oxygen atoms in total. The lowest BCUT2D eigenvalue weighted by Crippen LogP contribution is -2.14. The molecule has 1 amide bonds. The van der Waals surface area contributed by atoms with Gasteiger partial charge in [0.2, 0.25) is 5.91 Å². The van der Waals surface area contributed by atoms with Gasteiger partial charge in [-0.25, -0.2) is 9.18 Å². The second-order valence-corrected chi connectivity index (χ2v) is 7.50. The second-order valence-electron chi connectivity index (χ2n) is 6.57. The standard InChI is InChI=1S/C21H20FN3O5S/c1-13(2)29-20(27)14-3-7-16(8-4-14)23-18(26)12-31-21-25-24-19(30-21)11-28-17-9-5-15(22)6-10-17/h3-10,13H,11-12H2,1-2H3,(H,23,26). The summed E-state index contributed by atoms with van der Waals surface area (Å²) in [5, 5.41) is 10.6. The Morgan fingerprint density at radius 2 is 1.81 bits per heavy atom. The Morgan fingerprint density at radius 1 is 1.10 bits per heavy atom. The molecule has 1 N–H and O–H groups in total. The van der Waals surface area contributed by atoms with Gasteiger partial charge in [0.25, 0.3) is 11.1 Å². The van der Waals surface area contributed by atoms with Gasteiger partial charge in [-0.1, -0.05) is 11.8 Å². The first kappa shape index (κ1) is 22.3. The van der Waals surface area contributed by atoms with E-state index in [1.165, 1.54) is 24.3 Å². The third-order valence-corrected chi connectivity index (χ3v) is 4.52. The highest BCUT2D eigenvalue weighted by atomic mass is 32.2. The van der Waals surface area contributed by atoms with Crippen LogP contribution in [0.25, 0.3) is 0 Å². The van der Waals surface area contributed by atoms with E-state index in [2.05, 4.69) is 15.5 Å². The number of nitrogens with zero attached hydrogens (tertiary/aromatic N) is 2. The van der Waals surface area contributed by atoms with E-state index in [1.54, 1.807) is 38.1 Å². The highest BCUT2D eigenvalue weighted by Gasteiger charge is 2.12. The smallest absolute Gasteiger partial charge is 0.338 e. The minimum atomic E-state index is -0.418. The fourth-order valence-corrected chi connectivity index (χ4v) is 2.91. The van der Waals surface area contributed by atoms with E-state index < -0.39 is 5.97 Å². The number of thioether (sulfide) groups is 1. The number of aromatic nitrogens is 2. The van der Waals surface area contributed by atoms with Crippen LogP contribution in [-0.4, -0.2) is 33.9 Å². The molecule has 1 heterocycles. The van der Waals surface area contributed by atoms with Crippen LogP contribution in [0.2, 0.25) is 0 Å². The summed E-state index contributed by atoms with van der Waals surface area (Å²) in [5.41, 5.74) is 0.952. The minimum Gasteiger partial charge on any atom is -0.484 e. The van der Waals surface area contributed by atoms with Crippen molar-refractivity contribution in [3.05, 3.63) is 65.8 Å². The maximum atomic E-state index is 12.9. The molecule has 1 aromatic heterocycles. The highest BCUT2D eigenvalue weighted by molar-refractivity contribution is 7.99. The van der Waals surface area contributed by atoms with Gasteiger partial charge in [0.1, 0.15) is 11.6 Å². The van der Waals surface area contributed by atoms with Gasteiger partial charge in [0, 0.05) is 5.69 Å². The average molecular weight is 445 g/mol. The molecule has 0 atom stereocenters. The first-order valence-corrected chi connectivity index (χ1v) is 10.3. The lowest BCUT2D eigenvalue weighted by molar-refractivity contribution is -0.113. The number of benzene rings is 2. The van der Waals surface area contributed by atoms with E-state index in [0.29, 0.717) is 17.0 Å². The van der Waals surface area contributed by atoms with Crippen molar-refractivity contribution >= 4 is 29.3 Å². The lowest BCUT2D eigenvalue weighted by atomic mass is 10.2. The van der Waals surface area contributed by atoms with E-state index in [0.717, 1.165) is 11.8 Å². The van der Waals surface area contributed by atoms with Crippen molar-refractivity contribution < 1.29 is 27.9 Å². The number of esters is 1. The summed E-state index contributed by atoms with van der Waals surface area (Å²) in [5.74, 6) is -0.291. The molecule has 0 aliphatic rings. The highest BCUT2D eigenvalue weighted by Crippen LogP contribution is 2.19. The number of nitrogens with one attached hydrogen (secondary N) is 1. The van der Waals surface area contributed by atoms with Crippen LogP contribution in [0.5, 0.6) is 5.75 Å². The minimum absolute atomic E-state index is 0.0248. The largest absolute Gasteiger partial charge is 0.484 e. The first-order chi connectivity index (χ1) is 14.9. The van der Waals surface area contributed by atoms with Crippen LogP contribution in [0, 0.1) is 5.82 Å². The second kappa shape index (κ2) is 10.6. The molecule has 2 aromatic carbocycles. The van der Waals surface area contributed by atoms with Crippen molar-refractivity contribution in [3.8, 4) is 5.75 Å². The number of ether oxygens (including phenoxy) is 2. The van der Waals surface area contributed by atoms with Crippen molar-refractivity contribution in [2.45, 2.75) is 31.8 Å². The van der Waals surface area contributed by atoms with Crippen molar-refractivity contribution in [2.24, 2.45) is 0 Å². The van der Waals surface area contributed by atoms with Crippen LogP contribution >= 0.6 is 11.8 Å². The van der Waals surface area contributed by atoms with Crippen molar-refractivity contribution in [2.75, 3.05) is 11.1 Å². The summed E-state index contributed by atoms with van der Waals surface area (Å²) in [6.07, 6.45) is -0.205. The van der Waals surface area contributed by atoms with E-state index in [1.807, 2.05) is 0 Å². The molecule has 3 rings (SSSR count). The number of halogens is 1. The maximum Gasteiger partial charge on any atom is 0.338 e. The monoisotopic (exact) mass is 445 g/mol. The number of rotatable bonds is 9. The van der Waals surface area contributed by atoms with Crippen LogP contribution in [0.1, 0.15) is 30.1 Å². The summed E-state index contributed by atoms with van der Waals surface area (Å²) >= 11 is 1.08. The lowest BCUT2D eigenvalue weighted by Gasteiger charge is -2.08. The Bertz CT molecular complexity index is 1020. The van der Waals surface area contributed by atoms with Gasteiger partial charge >= 0.3 is 5.97 Å². The normalized spacial score (nSPS) is 10.7. The SMILES string of the molecule is CC(C)OC(=O)c1ccc(NC(=O)CSc2nnc(COc3ccc(F)cc3)o2)cc1. The van der Waals surface area contributed by atoms with Crippen LogP contribution in [0.15, 0.2) is 58.2 Å². The molecule has 0 unspecified atom stereocenters. The van der Waals surface area contributed by atoms with Crippen LogP contribution in [-0.2, 0) is 16.1 Å². The van der Waals surface area contributed by atoms with Crippen molar-refractivity contribution in [1.29, 1.82) is 0 Å². The molecular formula is C21H20FN3O5S. The van der Waals surface area contributed by atoms with Gasteiger partial charge in [-0.15, -0.1) is 10.2 Å². The molecule has 0 spiro atoms. The molecule has 3 aromatic rings. The van der Waals surface area contributed by atoms with Gasteiger partial charge in [-0.2, -0.15) is 0 Å². The van der Waals surface area contributed by atoms with E-state index in [9.17, 15) is 14.0 Å². The number of anilines is 1. The average Bonchev–Trinajstić information content (AvgIpc) is 3.20. The summed E-state index contributed by atoms with van der Waals surface area (Å²) in [6, 6.07) is 12.0. The number of hydrogen-bond acceptors (Lipinski definition) is 8. The number of carbonyl (C=O) groups is 2. The predicted octanol–water partition coefficient (Wildman–Crippen LogP) is 4.08.